The summed E-state index contributed by atoms with van der Waals surface area (Å²) in [7, 11) is 1.88. The second kappa shape index (κ2) is 3.05. The van der Waals surface area contributed by atoms with E-state index in [4.69, 9.17) is 0 Å². The maximum absolute atomic E-state index is 4.17. The molecule has 0 unspecified atom stereocenters. The average molecular weight is 231 g/mol. The van der Waals surface area contributed by atoms with Gasteiger partial charge >= 0.3 is 0 Å². The molecule has 12 heavy (non-hydrogen) atoms. The van der Waals surface area contributed by atoms with E-state index in [1.54, 1.807) is 4.68 Å². The fourth-order valence-corrected chi connectivity index (χ4v) is 1.47. The molecule has 0 radical (unpaired) electrons. The second-order valence-corrected chi connectivity index (χ2v) is 3.86. The predicted molar refractivity (Wildman–Crippen MR) is 49.9 cm³/mol. The van der Waals surface area contributed by atoms with Crippen molar-refractivity contribution in [2.45, 2.75) is 12.8 Å². The van der Waals surface area contributed by atoms with Crippen molar-refractivity contribution in [3.63, 3.8) is 0 Å². The third kappa shape index (κ3) is 1.77. The monoisotopic (exact) mass is 230 g/mol. The van der Waals surface area contributed by atoms with Crippen LogP contribution in [0.2, 0.25) is 0 Å². The van der Waals surface area contributed by atoms with Crippen LogP contribution in [-0.2, 0) is 7.05 Å². The Balaban J connectivity index is 1.96. The minimum absolute atomic E-state index is 0.642. The number of hydrogen-bond acceptors (Lipinski definition) is 3. The highest BCUT2D eigenvalue weighted by atomic mass is 79.9. The van der Waals surface area contributed by atoms with Crippen LogP contribution in [-0.4, -0.2) is 21.3 Å². The lowest BCUT2D eigenvalue weighted by Gasteiger charge is -2.01. The molecule has 1 saturated carbocycles. The maximum Gasteiger partial charge on any atom is 0.221 e. The van der Waals surface area contributed by atoms with Gasteiger partial charge in [-0.1, -0.05) is 0 Å². The summed E-state index contributed by atoms with van der Waals surface area (Å²) in [5.74, 6) is 1.70. The van der Waals surface area contributed by atoms with Gasteiger partial charge in [0.15, 0.2) is 0 Å². The molecule has 0 spiro atoms. The average Bonchev–Trinajstić information content (AvgIpc) is 2.76. The Morgan fingerprint density at radius 3 is 2.92 bits per heavy atom. The molecule has 0 saturated heterocycles. The van der Waals surface area contributed by atoms with E-state index < -0.39 is 0 Å². The number of halogens is 1. The summed E-state index contributed by atoms with van der Waals surface area (Å²) >= 11 is 3.22. The lowest BCUT2D eigenvalue weighted by atomic mass is 10.4. The van der Waals surface area contributed by atoms with E-state index in [9.17, 15) is 0 Å². The molecule has 1 N–H and O–H groups in total. The summed E-state index contributed by atoms with van der Waals surface area (Å²) in [5.41, 5.74) is 0. The van der Waals surface area contributed by atoms with Crippen LogP contribution in [0.15, 0.2) is 4.73 Å². The van der Waals surface area contributed by atoms with Crippen molar-refractivity contribution in [2.24, 2.45) is 13.0 Å². The molecule has 0 amide bonds. The first-order valence-electron chi connectivity index (χ1n) is 4.06. The normalized spacial score (nSPS) is 16.5. The largest absolute Gasteiger partial charge is 0.354 e. The van der Waals surface area contributed by atoms with Crippen LogP contribution in [0.3, 0.4) is 0 Å². The molecule has 0 aromatic carbocycles. The molecule has 5 heteroatoms. The summed E-state index contributed by atoms with van der Waals surface area (Å²) < 4.78 is 2.38. The van der Waals surface area contributed by atoms with Gasteiger partial charge in [-0.15, -0.1) is 5.10 Å². The minimum Gasteiger partial charge on any atom is -0.354 e. The molecule has 66 valence electrons. The number of nitrogens with one attached hydrogen (secondary N) is 1. The van der Waals surface area contributed by atoms with Crippen LogP contribution in [0.4, 0.5) is 5.95 Å². The molecular weight excluding hydrogens is 220 g/mol. The van der Waals surface area contributed by atoms with Crippen molar-refractivity contribution >= 4 is 21.9 Å². The molecule has 0 bridgehead atoms. The summed E-state index contributed by atoms with van der Waals surface area (Å²) in [5, 5.41) is 7.32. The zero-order valence-electron chi connectivity index (χ0n) is 6.92. The highest BCUT2D eigenvalue weighted by Gasteiger charge is 2.21. The van der Waals surface area contributed by atoms with Crippen LogP contribution >= 0.6 is 15.9 Å². The Morgan fingerprint density at radius 2 is 2.42 bits per heavy atom. The molecule has 1 fully saturated rings. The van der Waals surface area contributed by atoms with Gasteiger partial charge in [-0.2, -0.15) is 4.98 Å². The van der Waals surface area contributed by atoms with Gasteiger partial charge < -0.3 is 5.32 Å². The Hall–Kier alpha value is -0.580. The van der Waals surface area contributed by atoms with Crippen LogP contribution in [0.5, 0.6) is 0 Å². The van der Waals surface area contributed by atoms with E-state index in [0.717, 1.165) is 18.4 Å². The highest BCUT2D eigenvalue weighted by molar-refractivity contribution is 9.10. The van der Waals surface area contributed by atoms with Crippen LogP contribution in [0.1, 0.15) is 12.8 Å². The molecule has 2 rings (SSSR count). The minimum atomic E-state index is 0.642. The Kier molecular flexibility index (Phi) is 2.04. The second-order valence-electron chi connectivity index (χ2n) is 3.15. The topological polar surface area (TPSA) is 42.7 Å². The summed E-state index contributed by atoms with van der Waals surface area (Å²) in [4.78, 5) is 4.17. The van der Waals surface area contributed by atoms with Gasteiger partial charge in [0.05, 0.1) is 0 Å². The highest BCUT2D eigenvalue weighted by Crippen LogP contribution is 2.28. The van der Waals surface area contributed by atoms with Gasteiger partial charge in [-0.3, -0.25) is 0 Å². The molecule has 1 aliphatic rings. The van der Waals surface area contributed by atoms with Gasteiger partial charge in [0.2, 0.25) is 10.7 Å². The number of rotatable bonds is 3. The van der Waals surface area contributed by atoms with Gasteiger partial charge in [-0.05, 0) is 34.7 Å². The van der Waals surface area contributed by atoms with E-state index in [1.165, 1.54) is 12.8 Å². The summed E-state index contributed by atoms with van der Waals surface area (Å²) in [6.07, 6.45) is 2.71. The quantitative estimate of drug-likeness (QED) is 0.854. The predicted octanol–water partition coefficient (Wildman–Crippen LogP) is 1.40. The number of anilines is 1. The lowest BCUT2D eigenvalue weighted by molar-refractivity contribution is 0.753. The SMILES string of the molecule is Cn1nc(Br)nc1NCC1CC1. The van der Waals surface area contributed by atoms with Crippen molar-refractivity contribution in [3.05, 3.63) is 4.73 Å². The molecule has 0 atom stereocenters. The van der Waals surface area contributed by atoms with Crippen molar-refractivity contribution in [3.8, 4) is 0 Å². The maximum atomic E-state index is 4.17. The van der Waals surface area contributed by atoms with Crippen molar-refractivity contribution in [1.82, 2.24) is 14.8 Å². The van der Waals surface area contributed by atoms with Gasteiger partial charge in [0.1, 0.15) is 0 Å². The van der Waals surface area contributed by atoms with Gasteiger partial charge in [0, 0.05) is 13.6 Å². The smallest absolute Gasteiger partial charge is 0.221 e. The van der Waals surface area contributed by atoms with E-state index in [-0.39, 0.29) is 0 Å². The Bertz CT molecular complexity index is 279. The van der Waals surface area contributed by atoms with Crippen LogP contribution in [0.25, 0.3) is 0 Å². The number of hydrogen-bond donors (Lipinski definition) is 1. The van der Waals surface area contributed by atoms with Gasteiger partial charge in [-0.25, -0.2) is 4.68 Å². The fraction of sp³-hybridized carbons (Fsp3) is 0.714. The number of nitrogens with zero attached hydrogens (tertiary/aromatic N) is 3. The molecular formula is C7H11BrN4. The first kappa shape index (κ1) is 8.04. The third-order valence-electron chi connectivity index (χ3n) is 1.98. The molecule has 0 aliphatic heterocycles. The molecule has 1 aromatic heterocycles. The van der Waals surface area contributed by atoms with Crippen LogP contribution < -0.4 is 5.32 Å². The Labute approximate surface area is 79.5 Å². The fourth-order valence-electron chi connectivity index (χ4n) is 1.06. The van der Waals surface area contributed by atoms with Crippen molar-refractivity contribution in [2.75, 3.05) is 11.9 Å². The van der Waals surface area contributed by atoms with E-state index >= 15 is 0 Å². The summed E-state index contributed by atoms with van der Waals surface area (Å²) in [6.45, 7) is 1.03. The molecule has 1 aromatic rings. The molecule has 1 aliphatic carbocycles. The molecule has 4 nitrogen and oxygen atoms in total. The zero-order valence-corrected chi connectivity index (χ0v) is 8.50. The Morgan fingerprint density at radius 1 is 1.67 bits per heavy atom. The summed E-state index contributed by atoms with van der Waals surface area (Å²) in [6, 6.07) is 0. The van der Waals surface area contributed by atoms with E-state index in [1.807, 2.05) is 7.05 Å². The van der Waals surface area contributed by atoms with Crippen molar-refractivity contribution in [1.29, 1.82) is 0 Å². The lowest BCUT2D eigenvalue weighted by Crippen LogP contribution is -2.08. The first-order valence-corrected chi connectivity index (χ1v) is 4.85. The number of aryl methyl sites for hydroxylation is 1. The van der Waals surface area contributed by atoms with Crippen LogP contribution in [0, 0.1) is 5.92 Å². The van der Waals surface area contributed by atoms with E-state index in [2.05, 4.69) is 31.3 Å². The third-order valence-corrected chi connectivity index (χ3v) is 2.32. The zero-order chi connectivity index (χ0) is 8.55. The molecule has 1 heterocycles. The first-order chi connectivity index (χ1) is 5.75. The standard InChI is InChI=1S/C7H11BrN4/c1-12-7(10-6(8)11-12)9-4-5-2-3-5/h5H,2-4H2,1H3,(H,9,10,11). The number of aromatic nitrogens is 3. The van der Waals surface area contributed by atoms with Crippen molar-refractivity contribution < 1.29 is 0 Å². The van der Waals surface area contributed by atoms with E-state index in [0.29, 0.717) is 4.73 Å². The van der Waals surface area contributed by atoms with Gasteiger partial charge in [0.25, 0.3) is 0 Å².